The van der Waals surface area contributed by atoms with Crippen molar-refractivity contribution in [1.82, 2.24) is 16.0 Å². The molecule has 0 aliphatic heterocycles. The fourth-order valence-electron chi connectivity index (χ4n) is 2.29. The summed E-state index contributed by atoms with van der Waals surface area (Å²) < 4.78 is 5.01. The minimum Gasteiger partial charge on any atom is -0.462 e. The number of esters is 1. The van der Waals surface area contributed by atoms with Crippen molar-refractivity contribution in [3.63, 3.8) is 0 Å². The summed E-state index contributed by atoms with van der Waals surface area (Å²) in [7, 11) is 0. The largest absolute Gasteiger partial charge is 0.462 e. The number of carbonyl (C=O) groups excluding carboxylic acids is 5. The molecule has 5 N–H and O–H groups in total. The predicted octanol–water partition coefficient (Wildman–Crippen LogP) is 0.680. The van der Waals surface area contributed by atoms with Gasteiger partial charge in [0.25, 0.3) is 0 Å². The van der Waals surface area contributed by atoms with Gasteiger partial charge in [-0.25, -0.2) is 9.59 Å². The molecular weight excluding hydrogens is 460 g/mol. The first-order valence-electron chi connectivity index (χ1n) is 9.68. The number of amides is 4. The van der Waals surface area contributed by atoms with Gasteiger partial charge in [-0.05, 0) is 39.0 Å². The van der Waals surface area contributed by atoms with Gasteiger partial charge < -0.3 is 26.4 Å². The van der Waals surface area contributed by atoms with Crippen LogP contribution in [0.1, 0.15) is 45.4 Å². The van der Waals surface area contributed by atoms with Crippen LogP contribution in [-0.4, -0.2) is 60.7 Å². The maximum absolute atomic E-state index is 11.9. The molecule has 0 heterocycles. The third kappa shape index (κ3) is 14.6. The molecule has 1 unspecified atom stereocenters. The topological polar surface area (TPSA) is 157 Å². The number of carbonyl (C=O) groups is 5. The highest BCUT2D eigenvalue weighted by molar-refractivity contribution is 9.09. The lowest BCUT2D eigenvalue weighted by Gasteiger charge is -2.16. The summed E-state index contributed by atoms with van der Waals surface area (Å²) in [4.78, 5) is 57.3. The van der Waals surface area contributed by atoms with Gasteiger partial charge >= 0.3 is 12.0 Å². The van der Waals surface area contributed by atoms with Crippen LogP contribution in [0.4, 0.5) is 4.79 Å². The molecule has 0 fully saturated rings. The van der Waals surface area contributed by atoms with Gasteiger partial charge in [-0.1, -0.05) is 22.5 Å². The highest BCUT2D eigenvalue weighted by Crippen LogP contribution is 2.04. The van der Waals surface area contributed by atoms with Crippen molar-refractivity contribution >= 4 is 45.5 Å². The Balaban J connectivity index is 3.93. The summed E-state index contributed by atoms with van der Waals surface area (Å²) >= 11 is 3.12. The molecule has 0 aromatic rings. The minimum absolute atomic E-state index is 0.214. The summed E-state index contributed by atoms with van der Waals surface area (Å²) in [5, 5.41) is 7.83. The van der Waals surface area contributed by atoms with Crippen LogP contribution < -0.4 is 21.7 Å². The van der Waals surface area contributed by atoms with Gasteiger partial charge in [-0.2, -0.15) is 0 Å². The molecule has 0 spiro atoms. The SMILES string of the molecule is C=C(CBr)C(=O)OCCCCCC(=O)NCC(=O)NC(CCCNC(N)=O)C(C)=O. The molecule has 0 saturated heterocycles. The Morgan fingerprint density at radius 3 is 2.33 bits per heavy atom. The second-order valence-corrected chi connectivity index (χ2v) is 7.19. The Morgan fingerprint density at radius 1 is 1.03 bits per heavy atom. The van der Waals surface area contributed by atoms with Crippen molar-refractivity contribution in [1.29, 1.82) is 0 Å². The van der Waals surface area contributed by atoms with E-state index in [4.69, 9.17) is 10.5 Å². The van der Waals surface area contributed by atoms with Crippen molar-refractivity contribution in [2.45, 2.75) is 51.5 Å². The van der Waals surface area contributed by atoms with Crippen LogP contribution in [0.3, 0.4) is 0 Å². The Hall–Kier alpha value is -2.43. The number of halogens is 1. The molecule has 1 atom stereocenters. The highest BCUT2D eigenvalue weighted by atomic mass is 79.9. The highest BCUT2D eigenvalue weighted by Gasteiger charge is 2.17. The smallest absolute Gasteiger partial charge is 0.334 e. The van der Waals surface area contributed by atoms with E-state index >= 15 is 0 Å². The van der Waals surface area contributed by atoms with Gasteiger partial charge in [0.2, 0.25) is 11.8 Å². The lowest BCUT2D eigenvalue weighted by molar-refractivity contribution is -0.139. The second kappa shape index (κ2) is 16.4. The van der Waals surface area contributed by atoms with E-state index in [0.29, 0.717) is 49.6 Å². The zero-order valence-corrected chi connectivity index (χ0v) is 18.8. The molecule has 30 heavy (non-hydrogen) atoms. The van der Waals surface area contributed by atoms with Gasteiger partial charge in [-0.15, -0.1) is 0 Å². The number of alkyl halides is 1. The Kier molecular flexibility index (Phi) is 15.0. The molecule has 170 valence electrons. The van der Waals surface area contributed by atoms with Crippen LogP contribution in [-0.2, 0) is 23.9 Å². The number of nitrogens with one attached hydrogen (secondary N) is 3. The van der Waals surface area contributed by atoms with Gasteiger partial charge in [0.1, 0.15) is 0 Å². The van der Waals surface area contributed by atoms with Gasteiger partial charge in [0.15, 0.2) is 5.78 Å². The number of urea groups is 1. The van der Waals surface area contributed by atoms with Crippen LogP contribution in [0, 0.1) is 0 Å². The fraction of sp³-hybridized carbons (Fsp3) is 0.632. The summed E-state index contributed by atoms with van der Waals surface area (Å²) in [6, 6.07) is -1.34. The summed E-state index contributed by atoms with van der Waals surface area (Å²) in [5.41, 5.74) is 5.30. The average molecular weight is 491 g/mol. The first-order chi connectivity index (χ1) is 14.2. The zero-order chi connectivity index (χ0) is 22.9. The van der Waals surface area contributed by atoms with Crippen molar-refractivity contribution in [2.24, 2.45) is 5.73 Å². The second-order valence-electron chi connectivity index (χ2n) is 6.62. The molecule has 0 saturated carbocycles. The van der Waals surface area contributed by atoms with E-state index in [-0.39, 0.29) is 31.3 Å². The number of ketones is 1. The van der Waals surface area contributed by atoms with Crippen LogP contribution in [0.15, 0.2) is 12.2 Å². The van der Waals surface area contributed by atoms with E-state index in [1.54, 1.807) is 0 Å². The Bertz CT molecular complexity index is 626. The summed E-state index contributed by atoms with van der Waals surface area (Å²) in [6.07, 6.45) is 2.97. The van der Waals surface area contributed by atoms with E-state index in [1.165, 1.54) is 6.92 Å². The van der Waals surface area contributed by atoms with Crippen LogP contribution in [0.25, 0.3) is 0 Å². The number of hydrogen-bond acceptors (Lipinski definition) is 6. The van der Waals surface area contributed by atoms with Crippen molar-refractivity contribution < 1.29 is 28.7 Å². The monoisotopic (exact) mass is 490 g/mol. The Labute approximate surface area is 184 Å². The third-order valence-electron chi connectivity index (χ3n) is 3.97. The number of ether oxygens (including phenoxy) is 1. The summed E-state index contributed by atoms with van der Waals surface area (Å²) in [6.45, 7) is 5.25. The number of Topliss-reactive ketones (excluding diaryl/α,β-unsaturated/α-hetero) is 1. The lowest BCUT2D eigenvalue weighted by Crippen LogP contribution is -2.45. The van der Waals surface area contributed by atoms with Gasteiger partial charge in [0.05, 0.1) is 19.2 Å². The molecule has 0 aliphatic rings. The summed E-state index contributed by atoms with van der Waals surface area (Å²) in [5.74, 6) is -1.40. The van der Waals surface area contributed by atoms with Crippen LogP contribution in [0.2, 0.25) is 0 Å². The van der Waals surface area contributed by atoms with E-state index in [0.717, 1.165) is 0 Å². The zero-order valence-electron chi connectivity index (χ0n) is 17.3. The fourth-order valence-corrected chi connectivity index (χ4v) is 2.52. The van der Waals surface area contributed by atoms with E-state index in [1.807, 2.05) is 0 Å². The molecule has 0 rings (SSSR count). The minimum atomic E-state index is -0.688. The number of hydrogen-bond donors (Lipinski definition) is 4. The van der Waals surface area contributed by atoms with Gasteiger partial charge in [0, 0.05) is 23.9 Å². The molecule has 0 bridgehead atoms. The molecule has 11 heteroatoms. The molecule has 4 amide bonds. The number of primary amides is 1. The Morgan fingerprint density at radius 2 is 1.73 bits per heavy atom. The van der Waals surface area contributed by atoms with E-state index < -0.39 is 23.9 Å². The van der Waals surface area contributed by atoms with Crippen molar-refractivity contribution in [3.8, 4) is 0 Å². The molecule has 10 nitrogen and oxygen atoms in total. The van der Waals surface area contributed by atoms with Gasteiger partial charge in [-0.3, -0.25) is 14.4 Å². The maximum Gasteiger partial charge on any atom is 0.334 e. The number of rotatable bonds is 16. The first kappa shape index (κ1) is 27.6. The first-order valence-corrected chi connectivity index (χ1v) is 10.8. The van der Waals surface area contributed by atoms with E-state index in [9.17, 15) is 24.0 Å². The van der Waals surface area contributed by atoms with E-state index in [2.05, 4.69) is 38.5 Å². The van der Waals surface area contributed by atoms with Crippen LogP contribution >= 0.6 is 15.9 Å². The van der Waals surface area contributed by atoms with Crippen LogP contribution in [0.5, 0.6) is 0 Å². The average Bonchev–Trinajstić information content (AvgIpc) is 2.69. The molecular formula is C19H31BrN4O6. The van der Waals surface area contributed by atoms with Crippen molar-refractivity contribution in [3.05, 3.63) is 12.2 Å². The number of unbranched alkanes of at least 4 members (excludes halogenated alkanes) is 2. The normalized spacial score (nSPS) is 11.1. The third-order valence-corrected chi connectivity index (χ3v) is 4.65. The van der Waals surface area contributed by atoms with Crippen molar-refractivity contribution in [2.75, 3.05) is 25.0 Å². The quantitative estimate of drug-likeness (QED) is 0.108. The maximum atomic E-state index is 11.9. The lowest BCUT2D eigenvalue weighted by atomic mass is 10.1. The molecule has 0 radical (unpaired) electrons. The number of nitrogens with two attached hydrogens (primary N) is 1. The standard InChI is InChI=1S/C19H31BrN4O6/c1-13(11-20)18(28)30-10-5-3-4-8-16(26)23-12-17(27)24-15(14(2)25)7-6-9-22-19(21)29/h15H,1,3-12H2,2H3,(H,23,26)(H,24,27)(H3,21,22,29). The predicted molar refractivity (Wildman–Crippen MR) is 115 cm³/mol. The molecule has 0 aliphatic carbocycles. The molecule has 0 aromatic carbocycles. The molecule has 0 aromatic heterocycles.